The molecule has 0 aliphatic carbocycles. The number of nitrogens with zero attached hydrogens (tertiary/aromatic N) is 1. The van der Waals surface area contributed by atoms with Gasteiger partial charge in [-0.05, 0) is 31.7 Å². The van der Waals surface area contributed by atoms with Crippen LogP contribution in [0.5, 0.6) is 5.75 Å². The summed E-state index contributed by atoms with van der Waals surface area (Å²) in [6.07, 6.45) is 1.00. The van der Waals surface area contributed by atoms with Crippen molar-refractivity contribution in [3.8, 4) is 17.6 Å². The van der Waals surface area contributed by atoms with Gasteiger partial charge in [-0.3, -0.25) is 4.79 Å². The summed E-state index contributed by atoms with van der Waals surface area (Å²) in [5, 5.41) is 8.88. The van der Waals surface area contributed by atoms with Gasteiger partial charge in [0.05, 0.1) is 12.2 Å². The van der Waals surface area contributed by atoms with Crippen LogP contribution >= 0.6 is 0 Å². The van der Waals surface area contributed by atoms with E-state index in [-0.39, 0.29) is 12.5 Å². The third kappa shape index (κ3) is 4.89. The van der Waals surface area contributed by atoms with Crippen LogP contribution in [-0.4, -0.2) is 24.2 Å². The average molecular weight is 362 g/mol. The molecule has 0 radical (unpaired) electrons. The quantitative estimate of drug-likeness (QED) is 0.681. The van der Waals surface area contributed by atoms with E-state index in [1.54, 1.807) is 0 Å². The predicted molar refractivity (Wildman–Crippen MR) is 105 cm³/mol. The lowest BCUT2D eigenvalue weighted by atomic mass is 10.1. The Kier molecular flexibility index (Phi) is 6.11. The lowest BCUT2D eigenvalue weighted by Gasteiger charge is -2.06. The number of benzene rings is 2. The molecule has 1 heterocycles. The molecule has 138 valence electrons. The lowest BCUT2D eigenvalue weighted by molar-refractivity contribution is -0.120. The third-order valence-electron chi connectivity index (χ3n) is 4.33. The van der Waals surface area contributed by atoms with E-state index in [1.165, 1.54) is 0 Å². The Bertz CT molecular complexity index is 971. The van der Waals surface area contributed by atoms with Gasteiger partial charge in [0.2, 0.25) is 5.91 Å². The highest BCUT2D eigenvalue weighted by Crippen LogP contribution is 2.24. The average Bonchev–Trinajstić information content (AvgIpc) is 3.00. The van der Waals surface area contributed by atoms with E-state index < -0.39 is 0 Å². The summed E-state index contributed by atoms with van der Waals surface area (Å²) >= 11 is 0. The molecule has 0 aliphatic heterocycles. The van der Waals surface area contributed by atoms with Crippen LogP contribution in [0.4, 0.5) is 0 Å². The fraction of sp³-hybridized carbons (Fsp3) is 0.273. The van der Waals surface area contributed by atoms with Crippen molar-refractivity contribution in [1.29, 1.82) is 0 Å². The van der Waals surface area contributed by atoms with Gasteiger partial charge in [0.1, 0.15) is 18.1 Å². The van der Waals surface area contributed by atoms with Crippen LogP contribution in [-0.2, 0) is 11.2 Å². The zero-order valence-corrected chi connectivity index (χ0v) is 15.5. The zero-order chi connectivity index (χ0) is 19.1. The number of ether oxygens (including phenoxy) is 1. The second kappa shape index (κ2) is 8.91. The number of carbonyl (C=O) groups is 1. The van der Waals surface area contributed by atoms with Crippen LogP contribution in [0.3, 0.4) is 0 Å². The fourth-order valence-corrected chi connectivity index (χ4v) is 2.88. The minimum absolute atomic E-state index is 0.0423. The lowest BCUT2D eigenvalue weighted by Crippen LogP contribution is -2.24. The van der Waals surface area contributed by atoms with Crippen LogP contribution in [0.1, 0.15) is 23.4 Å². The Morgan fingerprint density at radius 1 is 1.15 bits per heavy atom. The van der Waals surface area contributed by atoms with Gasteiger partial charge in [0.25, 0.3) is 0 Å². The minimum Gasteiger partial charge on any atom is -0.480 e. The first-order valence-electron chi connectivity index (χ1n) is 8.90. The number of rotatable bonds is 6. The van der Waals surface area contributed by atoms with E-state index in [0.29, 0.717) is 19.4 Å². The molecule has 5 nitrogen and oxygen atoms in total. The summed E-state index contributed by atoms with van der Waals surface area (Å²) in [6.45, 7) is 4.32. The monoisotopic (exact) mass is 362 g/mol. The highest BCUT2D eigenvalue weighted by Gasteiger charge is 2.10. The molecule has 5 heteroatoms. The number of fused-ring (bicyclic) bond motifs is 1. The molecule has 27 heavy (non-hydrogen) atoms. The summed E-state index contributed by atoms with van der Waals surface area (Å²) < 4.78 is 10.8. The Hall–Kier alpha value is -3.26. The Morgan fingerprint density at radius 3 is 2.78 bits per heavy atom. The third-order valence-corrected chi connectivity index (χ3v) is 4.33. The number of hydrogen-bond acceptors (Lipinski definition) is 4. The maximum Gasteiger partial charge on any atom is 0.221 e. The number of carbonyl (C=O) groups excluding carboxylic acids is 1. The largest absolute Gasteiger partial charge is 0.480 e. The van der Waals surface area contributed by atoms with Gasteiger partial charge < -0.3 is 14.6 Å². The van der Waals surface area contributed by atoms with Gasteiger partial charge in [0.15, 0.2) is 0 Å². The van der Waals surface area contributed by atoms with Crippen LogP contribution < -0.4 is 10.1 Å². The van der Waals surface area contributed by atoms with Crippen molar-refractivity contribution in [2.75, 3.05) is 13.2 Å². The number of hydrogen-bond donors (Lipinski definition) is 1. The summed E-state index contributed by atoms with van der Waals surface area (Å²) in [5.74, 6) is 7.38. The molecule has 0 atom stereocenters. The molecule has 0 unspecified atom stereocenters. The van der Waals surface area contributed by atoms with Gasteiger partial charge in [-0.1, -0.05) is 53.4 Å². The molecule has 0 bridgehead atoms. The van der Waals surface area contributed by atoms with Gasteiger partial charge in [-0.15, -0.1) is 0 Å². The molecular weight excluding hydrogens is 340 g/mol. The van der Waals surface area contributed by atoms with E-state index in [0.717, 1.165) is 33.5 Å². The smallest absolute Gasteiger partial charge is 0.221 e. The van der Waals surface area contributed by atoms with Crippen molar-refractivity contribution >= 4 is 16.7 Å². The van der Waals surface area contributed by atoms with Crippen LogP contribution in [0, 0.1) is 25.7 Å². The second-order valence-corrected chi connectivity index (χ2v) is 6.20. The minimum atomic E-state index is -0.0423. The molecule has 0 aliphatic rings. The maximum atomic E-state index is 11.9. The molecule has 3 rings (SSSR count). The molecule has 1 amide bonds. The molecule has 0 fully saturated rings. The molecule has 2 aromatic carbocycles. The Labute approximate surface area is 158 Å². The Morgan fingerprint density at radius 2 is 1.96 bits per heavy atom. The summed E-state index contributed by atoms with van der Waals surface area (Å²) in [7, 11) is 0. The molecule has 0 saturated carbocycles. The van der Waals surface area contributed by atoms with E-state index in [1.807, 2.05) is 56.3 Å². The van der Waals surface area contributed by atoms with E-state index in [9.17, 15) is 4.79 Å². The first-order valence-corrected chi connectivity index (χ1v) is 8.90. The molecule has 0 saturated heterocycles. The van der Waals surface area contributed by atoms with Crippen molar-refractivity contribution in [1.82, 2.24) is 10.5 Å². The van der Waals surface area contributed by atoms with Crippen molar-refractivity contribution in [3.63, 3.8) is 0 Å². The standard InChI is InChI=1S/C22H22N2O3/c1-16-19(17(2)27-24-16)12-13-22(25)23-14-5-6-15-26-21-11-7-9-18-8-3-4-10-20(18)21/h3-4,7-11H,12-15H2,1-2H3,(H,23,25). The highest BCUT2D eigenvalue weighted by molar-refractivity contribution is 5.88. The summed E-state index contributed by atoms with van der Waals surface area (Å²) in [4.78, 5) is 11.9. The number of aryl methyl sites for hydroxylation is 2. The zero-order valence-electron chi connectivity index (χ0n) is 15.5. The van der Waals surface area contributed by atoms with Crippen LogP contribution in [0.25, 0.3) is 10.8 Å². The first-order chi connectivity index (χ1) is 13.1. The highest BCUT2D eigenvalue weighted by atomic mass is 16.5. The van der Waals surface area contributed by atoms with Crippen LogP contribution in [0.2, 0.25) is 0 Å². The predicted octanol–water partition coefficient (Wildman–Crippen LogP) is 3.58. The van der Waals surface area contributed by atoms with E-state index in [2.05, 4.69) is 22.3 Å². The summed E-state index contributed by atoms with van der Waals surface area (Å²) in [6, 6.07) is 14.0. The normalized spacial score (nSPS) is 10.3. The van der Waals surface area contributed by atoms with Gasteiger partial charge in [-0.2, -0.15) is 0 Å². The Balaban J connectivity index is 1.41. The number of amides is 1. The van der Waals surface area contributed by atoms with Gasteiger partial charge >= 0.3 is 0 Å². The first kappa shape index (κ1) is 18.5. The summed E-state index contributed by atoms with van der Waals surface area (Å²) in [5.41, 5.74) is 1.84. The number of aromatic nitrogens is 1. The fourth-order valence-electron chi connectivity index (χ4n) is 2.88. The topological polar surface area (TPSA) is 64.4 Å². The van der Waals surface area contributed by atoms with Crippen molar-refractivity contribution in [3.05, 3.63) is 59.5 Å². The maximum absolute atomic E-state index is 11.9. The van der Waals surface area contributed by atoms with Gasteiger partial charge in [-0.25, -0.2) is 0 Å². The van der Waals surface area contributed by atoms with Crippen molar-refractivity contribution < 1.29 is 14.1 Å². The molecule has 0 spiro atoms. The van der Waals surface area contributed by atoms with Gasteiger partial charge in [0, 0.05) is 17.4 Å². The molecule has 1 N–H and O–H groups in total. The van der Waals surface area contributed by atoms with E-state index >= 15 is 0 Å². The van der Waals surface area contributed by atoms with Crippen molar-refractivity contribution in [2.24, 2.45) is 0 Å². The van der Waals surface area contributed by atoms with E-state index in [4.69, 9.17) is 9.26 Å². The molecular formula is C22H22N2O3. The number of nitrogens with one attached hydrogen (secondary N) is 1. The molecule has 3 aromatic rings. The SMILES string of the molecule is Cc1noc(C)c1CCC(=O)NCC#CCOc1cccc2ccccc12. The van der Waals surface area contributed by atoms with Crippen LogP contribution in [0.15, 0.2) is 47.0 Å². The molecule has 1 aromatic heterocycles. The van der Waals surface area contributed by atoms with Crippen molar-refractivity contribution in [2.45, 2.75) is 26.7 Å². The second-order valence-electron chi connectivity index (χ2n) is 6.20.